The number of piperazine rings is 1. The molecule has 1 aromatic carbocycles. The topological polar surface area (TPSA) is 35.5 Å². The minimum Gasteiger partial charge on any atom is -0.390 e. The second kappa shape index (κ2) is 7.40. The number of nitrogens with one attached hydrogen (secondary N) is 1. The van der Waals surface area contributed by atoms with E-state index in [9.17, 15) is 17.6 Å². The van der Waals surface area contributed by atoms with E-state index in [1.54, 1.807) is 0 Å². The number of hydrogen-bond donors (Lipinski definition) is 2. The molecule has 0 spiro atoms. The van der Waals surface area contributed by atoms with Gasteiger partial charge in [0, 0.05) is 37.8 Å². The van der Waals surface area contributed by atoms with E-state index >= 15 is 0 Å². The van der Waals surface area contributed by atoms with Gasteiger partial charge in [-0.2, -0.15) is 0 Å². The van der Waals surface area contributed by atoms with Crippen molar-refractivity contribution in [3.63, 3.8) is 0 Å². The SMILES string of the molecule is Cl.OCC(F)(F)[C@@H](c1ccc(F)cc1F)N1CCNCC1. The first kappa shape index (κ1) is 18.2. The number of halogens is 5. The van der Waals surface area contributed by atoms with Crippen LogP contribution in [0.15, 0.2) is 18.2 Å². The van der Waals surface area contributed by atoms with Gasteiger partial charge in [0.25, 0.3) is 5.92 Å². The quantitative estimate of drug-likeness (QED) is 0.830. The molecule has 0 aliphatic carbocycles. The summed E-state index contributed by atoms with van der Waals surface area (Å²) in [4.78, 5) is 1.41. The molecule has 0 amide bonds. The molecule has 0 radical (unpaired) electrons. The van der Waals surface area contributed by atoms with Gasteiger partial charge in [0.05, 0.1) is 0 Å². The van der Waals surface area contributed by atoms with Gasteiger partial charge in [0.1, 0.15) is 24.3 Å². The van der Waals surface area contributed by atoms with Gasteiger partial charge in [-0.05, 0) is 6.07 Å². The van der Waals surface area contributed by atoms with Crippen LogP contribution in [0.4, 0.5) is 17.6 Å². The summed E-state index contributed by atoms with van der Waals surface area (Å²) in [7, 11) is 0. The van der Waals surface area contributed by atoms with Crippen molar-refractivity contribution in [2.45, 2.75) is 12.0 Å². The van der Waals surface area contributed by atoms with E-state index < -0.39 is 30.2 Å². The Morgan fingerprint density at radius 3 is 2.38 bits per heavy atom. The molecule has 1 saturated heterocycles. The Hall–Kier alpha value is -0.890. The van der Waals surface area contributed by atoms with Crippen molar-refractivity contribution < 1.29 is 22.7 Å². The van der Waals surface area contributed by atoms with Crippen LogP contribution in [0.25, 0.3) is 0 Å². The molecular weight excluding hydrogens is 312 g/mol. The lowest BCUT2D eigenvalue weighted by Gasteiger charge is -2.38. The largest absolute Gasteiger partial charge is 0.390 e. The van der Waals surface area contributed by atoms with Crippen molar-refractivity contribution in [3.8, 4) is 0 Å². The fourth-order valence-electron chi connectivity index (χ4n) is 2.44. The molecule has 0 bridgehead atoms. The molecule has 2 N–H and O–H groups in total. The van der Waals surface area contributed by atoms with Crippen LogP contribution in [0.1, 0.15) is 11.6 Å². The monoisotopic (exact) mass is 328 g/mol. The molecule has 1 fully saturated rings. The Morgan fingerprint density at radius 1 is 1.24 bits per heavy atom. The molecule has 1 atom stereocenters. The van der Waals surface area contributed by atoms with E-state index in [4.69, 9.17) is 5.11 Å². The highest BCUT2D eigenvalue weighted by Crippen LogP contribution is 2.37. The molecule has 1 aromatic rings. The maximum atomic E-state index is 14.0. The van der Waals surface area contributed by atoms with Gasteiger partial charge in [-0.15, -0.1) is 12.4 Å². The first-order valence-electron chi connectivity index (χ1n) is 6.34. The summed E-state index contributed by atoms with van der Waals surface area (Å²) in [5.41, 5.74) is -0.299. The van der Waals surface area contributed by atoms with Crippen LogP contribution in [0.2, 0.25) is 0 Å². The lowest BCUT2D eigenvalue weighted by molar-refractivity contribution is -0.119. The Bertz CT molecular complexity index is 469. The number of benzene rings is 1. The number of rotatable bonds is 4. The van der Waals surface area contributed by atoms with Gasteiger partial charge in [0.2, 0.25) is 0 Å². The van der Waals surface area contributed by atoms with E-state index in [0.717, 1.165) is 12.1 Å². The number of alkyl halides is 2. The van der Waals surface area contributed by atoms with Gasteiger partial charge in [-0.25, -0.2) is 17.6 Å². The Labute approximate surface area is 126 Å². The highest BCUT2D eigenvalue weighted by Gasteiger charge is 2.45. The maximum Gasteiger partial charge on any atom is 0.290 e. The predicted molar refractivity (Wildman–Crippen MR) is 72.8 cm³/mol. The van der Waals surface area contributed by atoms with Crippen molar-refractivity contribution in [1.82, 2.24) is 10.2 Å². The van der Waals surface area contributed by atoms with E-state index in [1.807, 2.05) is 0 Å². The third-order valence-electron chi connectivity index (χ3n) is 3.38. The lowest BCUT2D eigenvalue weighted by Crippen LogP contribution is -2.51. The first-order valence-corrected chi connectivity index (χ1v) is 6.34. The van der Waals surface area contributed by atoms with Gasteiger partial charge in [-0.3, -0.25) is 4.90 Å². The molecule has 1 heterocycles. The maximum absolute atomic E-state index is 14.0. The van der Waals surface area contributed by atoms with Crippen molar-refractivity contribution in [1.29, 1.82) is 0 Å². The van der Waals surface area contributed by atoms with Crippen LogP contribution < -0.4 is 5.32 Å². The third-order valence-corrected chi connectivity index (χ3v) is 3.38. The second-order valence-electron chi connectivity index (χ2n) is 4.77. The second-order valence-corrected chi connectivity index (χ2v) is 4.77. The van der Waals surface area contributed by atoms with Gasteiger partial charge < -0.3 is 10.4 Å². The summed E-state index contributed by atoms with van der Waals surface area (Å²) in [6.45, 7) is 0.216. The van der Waals surface area contributed by atoms with Crippen LogP contribution >= 0.6 is 12.4 Å². The van der Waals surface area contributed by atoms with Crippen molar-refractivity contribution >= 4 is 12.4 Å². The van der Waals surface area contributed by atoms with Gasteiger partial charge in [-0.1, -0.05) is 6.07 Å². The summed E-state index contributed by atoms with van der Waals surface area (Å²) in [5, 5.41) is 11.9. The molecule has 2 rings (SSSR count). The van der Waals surface area contributed by atoms with E-state index in [0.29, 0.717) is 32.2 Å². The average molecular weight is 329 g/mol. The molecule has 120 valence electrons. The fraction of sp³-hybridized carbons (Fsp3) is 0.538. The minimum absolute atomic E-state index is 0. The summed E-state index contributed by atoms with van der Waals surface area (Å²) in [6.07, 6.45) is 0. The van der Waals surface area contributed by atoms with Crippen LogP contribution in [0, 0.1) is 11.6 Å². The zero-order valence-corrected chi connectivity index (χ0v) is 12.0. The molecule has 8 heteroatoms. The Morgan fingerprint density at radius 2 is 1.86 bits per heavy atom. The molecular formula is C13H17ClF4N2O. The number of aliphatic hydroxyl groups is 1. The lowest BCUT2D eigenvalue weighted by atomic mass is 9.97. The zero-order valence-electron chi connectivity index (χ0n) is 11.2. The molecule has 21 heavy (non-hydrogen) atoms. The van der Waals surface area contributed by atoms with Gasteiger partial charge >= 0.3 is 0 Å². The van der Waals surface area contributed by atoms with Crippen molar-refractivity contribution in [2.75, 3.05) is 32.8 Å². The Kier molecular flexibility index (Phi) is 6.40. The molecule has 3 nitrogen and oxygen atoms in total. The number of nitrogens with zero attached hydrogens (tertiary/aromatic N) is 1. The first-order chi connectivity index (χ1) is 9.45. The standard InChI is InChI=1S/C13H16F4N2O.ClH/c14-9-1-2-10(11(15)7-9)12(13(16,17)8-20)19-5-3-18-4-6-19;/h1-2,7,12,18,20H,3-6,8H2;1H/t12-;/m1./s1. The van der Waals surface area contributed by atoms with E-state index in [-0.39, 0.29) is 18.0 Å². The van der Waals surface area contributed by atoms with E-state index in [2.05, 4.69) is 5.32 Å². The molecule has 0 unspecified atom stereocenters. The summed E-state index contributed by atoms with van der Waals surface area (Å²) >= 11 is 0. The minimum atomic E-state index is -3.50. The molecule has 0 saturated carbocycles. The van der Waals surface area contributed by atoms with Crippen LogP contribution in [-0.4, -0.2) is 48.7 Å². The third kappa shape index (κ3) is 4.06. The number of aliphatic hydroxyl groups excluding tert-OH is 1. The molecule has 1 aliphatic rings. The summed E-state index contributed by atoms with van der Waals surface area (Å²) in [6, 6.07) is 0.940. The normalized spacial score (nSPS) is 18.1. The highest BCUT2D eigenvalue weighted by molar-refractivity contribution is 5.85. The molecule has 0 aromatic heterocycles. The number of hydrogen-bond acceptors (Lipinski definition) is 3. The fourth-order valence-corrected chi connectivity index (χ4v) is 2.44. The highest BCUT2D eigenvalue weighted by atomic mass is 35.5. The van der Waals surface area contributed by atoms with Gasteiger partial charge in [0.15, 0.2) is 0 Å². The van der Waals surface area contributed by atoms with Crippen molar-refractivity contribution in [3.05, 3.63) is 35.4 Å². The van der Waals surface area contributed by atoms with E-state index in [1.165, 1.54) is 4.90 Å². The van der Waals surface area contributed by atoms with Crippen LogP contribution in [0.5, 0.6) is 0 Å². The van der Waals surface area contributed by atoms with Crippen molar-refractivity contribution in [2.24, 2.45) is 0 Å². The summed E-state index contributed by atoms with van der Waals surface area (Å²) < 4.78 is 54.7. The average Bonchev–Trinajstić information content (AvgIpc) is 2.43. The predicted octanol–water partition coefficient (Wildman–Crippen LogP) is 1.96. The van der Waals surface area contributed by atoms with Crippen LogP contribution in [-0.2, 0) is 0 Å². The smallest absolute Gasteiger partial charge is 0.290 e. The zero-order chi connectivity index (χ0) is 14.8. The van der Waals surface area contributed by atoms with Crippen LogP contribution in [0.3, 0.4) is 0 Å². The molecule has 1 aliphatic heterocycles. The summed E-state index contributed by atoms with van der Waals surface area (Å²) in [5.74, 6) is -5.35. The Balaban J connectivity index is 0.00000220.